The molecule has 0 unspecified atom stereocenters. The van der Waals surface area contributed by atoms with Gasteiger partial charge in [0.2, 0.25) is 0 Å². The number of aryl methyl sites for hydroxylation is 2. The van der Waals surface area contributed by atoms with Crippen LogP contribution in [0.5, 0.6) is 0 Å². The van der Waals surface area contributed by atoms with Crippen LogP contribution in [-0.2, 0) is 17.6 Å². The Balaban J connectivity index is 0.000000275. The van der Waals surface area contributed by atoms with E-state index in [1.165, 1.54) is 94.6 Å². The van der Waals surface area contributed by atoms with Gasteiger partial charge in [0.25, 0.3) is 0 Å². The van der Waals surface area contributed by atoms with E-state index in [1.54, 1.807) is 7.11 Å². The number of hydrogen-bond acceptors (Lipinski definition) is 1. The van der Waals surface area contributed by atoms with Crippen LogP contribution in [-0.4, -0.2) is 25.6 Å². The summed E-state index contributed by atoms with van der Waals surface area (Å²) in [5, 5.41) is 0. The molecule has 0 aliphatic heterocycles. The normalized spacial score (nSPS) is 21.8. The molecule has 1 nitrogen and oxygen atoms in total. The summed E-state index contributed by atoms with van der Waals surface area (Å²) in [6, 6.07) is 15.6. The monoisotopic (exact) mass is 682 g/mol. The molecule has 48 heavy (non-hydrogen) atoms. The average molecular weight is 683 g/mol. The first-order valence-corrected chi connectivity index (χ1v) is 18.8. The molecule has 0 bridgehead atoms. The summed E-state index contributed by atoms with van der Waals surface area (Å²) in [5.74, 6) is 2.02. The molecule has 2 aromatic carbocycles. The van der Waals surface area contributed by atoms with Crippen molar-refractivity contribution in [2.75, 3.05) is 7.11 Å². The number of rotatable bonds is 16. The van der Waals surface area contributed by atoms with E-state index < -0.39 is 25.2 Å². The molecule has 0 saturated heterocycles. The Morgan fingerprint density at radius 2 is 0.938 bits per heavy atom. The molecular formula is C41H60F6O. The fourth-order valence-electron chi connectivity index (χ4n) is 7.47. The lowest BCUT2D eigenvalue weighted by Crippen LogP contribution is -2.19. The lowest BCUT2D eigenvalue weighted by Gasteiger charge is -2.29. The van der Waals surface area contributed by atoms with Crippen molar-refractivity contribution >= 4 is 0 Å². The van der Waals surface area contributed by atoms with E-state index in [0.29, 0.717) is 17.9 Å². The lowest BCUT2D eigenvalue weighted by molar-refractivity contribution is -0.134. The van der Waals surface area contributed by atoms with Crippen molar-refractivity contribution in [2.24, 2.45) is 5.92 Å². The first-order valence-electron chi connectivity index (χ1n) is 18.8. The largest absolute Gasteiger partial charge is 0.389 e. The highest BCUT2D eigenvalue weighted by atomic mass is 19.4. The summed E-state index contributed by atoms with van der Waals surface area (Å²) < 4.78 is 78.9. The minimum atomic E-state index is -4.07. The maximum atomic E-state index is 12.3. The molecular weight excluding hydrogens is 622 g/mol. The number of unbranched alkanes of at least 4 members (excludes halogenated alkanes) is 7. The molecule has 0 aromatic heterocycles. The van der Waals surface area contributed by atoms with Crippen molar-refractivity contribution < 1.29 is 31.1 Å². The van der Waals surface area contributed by atoms with E-state index in [4.69, 9.17) is 4.74 Å². The van der Waals surface area contributed by atoms with Crippen LogP contribution in [0.2, 0.25) is 0 Å². The third-order valence-electron chi connectivity index (χ3n) is 10.6. The second kappa shape index (κ2) is 21.3. The Kier molecular flexibility index (Phi) is 17.9. The van der Waals surface area contributed by atoms with E-state index in [0.717, 1.165) is 42.7 Å². The zero-order valence-electron chi connectivity index (χ0n) is 29.5. The second-order valence-corrected chi connectivity index (χ2v) is 14.4. The summed E-state index contributed by atoms with van der Waals surface area (Å²) in [6.07, 6.45) is 12.9. The molecule has 0 radical (unpaired) electrons. The molecule has 272 valence electrons. The molecule has 2 saturated carbocycles. The zero-order valence-corrected chi connectivity index (χ0v) is 29.5. The van der Waals surface area contributed by atoms with Gasteiger partial charge in [-0.2, -0.15) is 26.3 Å². The van der Waals surface area contributed by atoms with Gasteiger partial charge < -0.3 is 4.74 Å². The van der Waals surface area contributed by atoms with Crippen LogP contribution in [0.4, 0.5) is 26.3 Å². The van der Waals surface area contributed by atoms with Gasteiger partial charge in [0.1, 0.15) is 0 Å². The maximum absolute atomic E-state index is 12.3. The van der Waals surface area contributed by atoms with Crippen LogP contribution in [0, 0.1) is 5.92 Å². The van der Waals surface area contributed by atoms with Crippen LogP contribution < -0.4 is 0 Å². The average Bonchev–Trinajstić information content (AvgIpc) is 3.08. The van der Waals surface area contributed by atoms with Crippen molar-refractivity contribution in [1.82, 2.24) is 0 Å². The van der Waals surface area contributed by atoms with E-state index in [-0.39, 0.29) is 12.8 Å². The Hall–Kier alpha value is -2.02. The maximum Gasteiger partial charge on any atom is 0.389 e. The van der Waals surface area contributed by atoms with Crippen molar-refractivity contribution in [3.8, 4) is 0 Å². The van der Waals surface area contributed by atoms with Gasteiger partial charge in [0, 0.05) is 20.0 Å². The van der Waals surface area contributed by atoms with E-state index in [9.17, 15) is 26.3 Å². The number of alkyl halides is 6. The third kappa shape index (κ3) is 16.6. The lowest BCUT2D eigenvalue weighted by atomic mass is 9.77. The molecule has 2 fully saturated rings. The number of methoxy groups -OCH3 is 1. The SMILES string of the molecule is CCCCCCCCCC[C@H]1CC[C@H](c2ccc(CCC(F)(F)F)cc2)CC1.CO[C@H]1CC[C@H](c2ccc(CCC(F)(F)F)cc2)CC1. The number of benzene rings is 2. The third-order valence-corrected chi connectivity index (χ3v) is 10.6. The number of halogens is 6. The molecule has 2 aliphatic rings. The Morgan fingerprint density at radius 1 is 0.542 bits per heavy atom. The van der Waals surface area contributed by atoms with Gasteiger partial charge >= 0.3 is 12.4 Å². The minimum Gasteiger partial charge on any atom is -0.381 e. The zero-order chi connectivity index (χ0) is 34.8. The highest BCUT2D eigenvalue weighted by Crippen LogP contribution is 2.38. The molecule has 4 rings (SSSR count). The van der Waals surface area contributed by atoms with Gasteiger partial charge in [-0.25, -0.2) is 0 Å². The topological polar surface area (TPSA) is 9.23 Å². The summed E-state index contributed by atoms with van der Waals surface area (Å²) in [4.78, 5) is 0. The molecule has 2 aliphatic carbocycles. The van der Waals surface area contributed by atoms with Gasteiger partial charge in [0.15, 0.2) is 0 Å². The van der Waals surface area contributed by atoms with Gasteiger partial charge in [-0.15, -0.1) is 0 Å². The number of ether oxygens (including phenoxy) is 1. The van der Waals surface area contributed by atoms with E-state index in [2.05, 4.69) is 19.1 Å². The molecule has 0 N–H and O–H groups in total. The Morgan fingerprint density at radius 3 is 1.33 bits per heavy atom. The predicted molar refractivity (Wildman–Crippen MR) is 186 cm³/mol. The van der Waals surface area contributed by atoms with Crippen molar-refractivity contribution in [3.05, 3.63) is 70.8 Å². The highest BCUT2D eigenvalue weighted by Gasteiger charge is 2.28. The summed E-state index contributed by atoms with van der Waals surface area (Å²) in [7, 11) is 1.75. The Bertz CT molecular complexity index is 1090. The second-order valence-electron chi connectivity index (χ2n) is 14.4. The first-order chi connectivity index (χ1) is 23.0. The molecule has 0 spiro atoms. The van der Waals surface area contributed by atoms with Gasteiger partial charge in [-0.3, -0.25) is 0 Å². The van der Waals surface area contributed by atoms with Crippen molar-refractivity contribution in [1.29, 1.82) is 0 Å². The molecule has 0 heterocycles. The predicted octanol–water partition coefficient (Wildman–Crippen LogP) is 13.8. The van der Waals surface area contributed by atoms with Crippen molar-refractivity contribution in [2.45, 2.75) is 172 Å². The van der Waals surface area contributed by atoms with Crippen LogP contribution in [0.1, 0.15) is 163 Å². The summed E-state index contributed by atoms with van der Waals surface area (Å²) in [5.41, 5.74) is 4.12. The van der Waals surface area contributed by atoms with Gasteiger partial charge in [0.05, 0.1) is 6.10 Å². The smallest absolute Gasteiger partial charge is 0.381 e. The molecule has 7 heteroatoms. The molecule has 0 atom stereocenters. The summed E-state index contributed by atoms with van der Waals surface area (Å²) in [6.45, 7) is 2.27. The quantitative estimate of drug-likeness (QED) is 0.126. The van der Waals surface area contributed by atoms with Crippen molar-refractivity contribution in [3.63, 3.8) is 0 Å². The molecule has 0 amide bonds. The summed E-state index contributed by atoms with van der Waals surface area (Å²) >= 11 is 0. The van der Waals surface area contributed by atoms with Crippen LogP contribution in [0.25, 0.3) is 0 Å². The standard InChI is InChI=1S/C25H39F3.C16H21F3O/c1-2-3-4-5-6-7-8-9-10-21-11-15-23(16-12-21)24-17-13-22(14-18-24)19-20-25(26,27)28;1-20-15-8-6-14(7-9-15)13-4-2-12(3-5-13)10-11-16(17,18)19/h13-14,17-18,21,23H,2-12,15-16,19-20H2,1H3;2-5,14-15H,6-11H2,1H3/t21-,23-;14-,15-. The van der Waals surface area contributed by atoms with E-state index in [1.807, 2.05) is 36.4 Å². The highest BCUT2D eigenvalue weighted by molar-refractivity contribution is 5.27. The van der Waals surface area contributed by atoms with E-state index >= 15 is 0 Å². The minimum absolute atomic E-state index is 0.0696. The fraction of sp³-hybridized carbons (Fsp3) is 0.707. The first kappa shape index (κ1) is 40.4. The van der Waals surface area contributed by atoms with Crippen LogP contribution in [0.15, 0.2) is 48.5 Å². The number of hydrogen-bond donors (Lipinski definition) is 0. The Labute approximate surface area is 286 Å². The van der Waals surface area contributed by atoms with Crippen LogP contribution >= 0.6 is 0 Å². The fourth-order valence-corrected chi connectivity index (χ4v) is 7.47. The van der Waals surface area contributed by atoms with Crippen LogP contribution in [0.3, 0.4) is 0 Å². The molecule has 2 aromatic rings. The van der Waals surface area contributed by atoms with Gasteiger partial charge in [-0.05, 0) is 104 Å². The van der Waals surface area contributed by atoms with Gasteiger partial charge in [-0.1, -0.05) is 113 Å².